The molecule has 0 amide bonds. The van der Waals surface area contributed by atoms with Gasteiger partial charge in [-0.1, -0.05) is 20.8 Å². The monoisotopic (exact) mass is 355 g/mol. The first-order chi connectivity index (χ1) is 11.9. The number of nitrogens with zero attached hydrogens (tertiary/aromatic N) is 2. The van der Waals surface area contributed by atoms with Crippen molar-refractivity contribution in [3.8, 4) is 5.75 Å². The van der Waals surface area contributed by atoms with Gasteiger partial charge in [0.05, 0.1) is 13.3 Å². The summed E-state index contributed by atoms with van der Waals surface area (Å²) in [5.74, 6) is 2.22. The lowest BCUT2D eigenvalue weighted by Gasteiger charge is -2.12. The van der Waals surface area contributed by atoms with Crippen molar-refractivity contribution in [3.63, 3.8) is 0 Å². The maximum Gasteiger partial charge on any atom is 0.218 e. The van der Waals surface area contributed by atoms with E-state index in [2.05, 4.69) is 36.1 Å². The molecule has 25 heavy (non-hydrogen) atoms. The summed E-state index contributed by atoms with van der Waals surface area (Å²) in [6.07, 6.45) is 7.36. The van der Waals surface area contributed by atoms with E-state index in [-0.39, 0.29) is 5.41 Å². The van der Waals surface area contributed by atoms with Gasteiger partial charge in [-0.3, -0.25) is 0 Å². The van der Waals surface area contributed by atoms with Gasteiger partial charge in [-0.2, -0.15) is 0 Å². The number of oxazole rings is 1. The van der Waals surface area contributed by atoms with E-state index in [1.807, 2.05) is 35.7 Å². The summed E-state index contributed by atoms with van der Waals surface area (Å²) in [6, 6.07) is 5.91. The summed E-state index contributed by atoms with van der Waals surface area (Å²) in [5, 5.41) is 6.04. The first-order valence-electron chi connectivity index (χ1n) is 7.94. The van der Waals surface area contributed by atoms with Crippen LogP contribution in [0, 0.1) is 0 Å². The smallest absolute Gasteiger partial charge is 0.218 e. The Labute approximate surface area is 151 Å². The van der Waals surface area contributed by atoms with Crippen molar-refractivity contribution < 1.29 is 9.15 Å². The quantitative estimate of drug-likeness (QED) is 0.668. The molecule has 0 atom stereocenters. The van der Waals surface area contributed by atoms with Gasteiger partial charge in [0.1, 0.15) is 11.5 Å². The molecule has 130 valence electrons. The third-order valence-corrected chi connectivity index (χ3v) is 4.22. The summed E-state index contributed by atoms with van der Waals surface area (Å²) in [4.78, 5) is 8.55. The van der Waals surface area contributed by atoms with Crippen LogP contribution < -0.4 is 10.1 Å². The van der Waals surface area contributed by atoms with Crippen molar-refractivity contribution >= 4 is 34.3 Å². The Morgan fingerprint density at radius 1 is 1.16 bits per heavy atom. The van der Waals surface area contributed by atoms with Crippen LogP contribution in [-0.2, 0) is 5.41 Å². The maximum absolute atomic E-state index is 5.79. The molecule has 6 heteroatoms. The van der Waals surface area contributed by atoms with E-state index in [1.54, 1.807) is 30.8 Å². The molecule has 2 aromatic heterocycles. The number of rotatable bonds is 5. The minimum absolute atomic E-state index is 0.0557. The van der Waals surface area contributed by atoms with Crippen molar-refractivity contribution in [2.24, 2.45) is 0 Å². The highest BCUT2D eigenvalue weighted by Gasteiger charge is 2.18. The maximum atomic E-state index is 5.79. The average Bonchev–Trinajstić information content (AvgIpc) is 3.23. The molecule has 0 spiro atoms. The normalized spacial score (nSPS) is 11.8. The van der Waals surface area contributed by atoms with Crippen LogP contribution in [0.2, 0.25) is 0 Å². The molecule has 5 nitrogen and oxygen atoms in total. The molecule has 2 heterocycles. The molecule has 0 aliphatic rings. The molecule has 3 aromatic rings. The zero-order valence-electron chi connectivity index (χ0n) is 14.7. The van der Waals surface area contributed by atoms with Crippen LogP contribution in [0.25, 0.3) is 12.2 Å². The Morgan fingerprint density at radius 2 is 2.00 bits per heavy atom. The summed E-state index contributed by atoms with van der Waals surface area (Å²) < 4.78 is 11.2. The minimum atomic E-state index is -0.0557. The van der Waals surface area contributed by atoms with Gasteiger partial charge in [0.15, 0.2) is 5.13 Å². The first kappa shape index (κ1) is 17.2. The highest BCUT2D eigenvalue weighted by atomic mass is 32.1. The van der Waals surface area contributed by atoms with E-state index >= 15 is 0 Å². The Kier molecular flexibility index (Phi) is 4.90. The number of nitrogens with one attached hydrogen (secondary N) is 1. The van der Waals surface area contributed by atoms with Gasteiger partial charge in [-0.25, -0.2) is 9.97 Å². The van der Waals surface area contributed by atoms with Gasteiger partial charge in [0, 0.05) is 34.8 Å². The number of thiazole rings is 1. The topological polar surface area (TPSA) is 60.2 Å². The van der Waals surface area contributed by atoms with E-state index in [4.69, 9.17) is 9.15 Å². The van der Waals surface area contributed by atoms with Crippen molar-refractivity contribution in [1.82, 2.24) is 9.97 Å². The number of aromatic nitrogens is 2. The molecular formula is C19H21N3O2S. The molecule has 0 saturated carbocycles. The van der Waals surface area contributed by atoms with Crippen molar-refractivity contribution in [3.05, 3.63) is 53.2 Å². The molecule has 1 N–H and O–H groups in total. The number of hydrogen-bond acceptors (Lipinski definition) is 6. The second-order valence-corrected chi connectivity index (χ2v) is 7.50. The van der Waals surface area contributed by atoms with Crippen LogP contribution in [0.4, 0.5) is 10.8 Å². The van der Waals surface area contributed by atoms with Crippen molar-refractivity contribution in [2.75, 3.05) is 12.4 Å². The van der Waals surface area contributed by atoms with E-state index in [0.29, 0.717) is 5.89 Å². The largest absolute Gasteiger partial charge is 0.497 e. The molecule has 0 bridgehead atoms. The highest BCUT2D eigenvalue weighted by molar-refractivity contribution is 7.13. The van der Waals surface area contributed by atoms with E-state index < -0.39 is 0 Å². The van der Waals surface area contributed by atoms with Crippen LogP contribution in [0.1, 0.15) is 38.0 Å². The second-order valence-electron chi connectivity index (χ2n) is 6.60. The van der Waals surface area contributed by atoms with E-state index in [9.17, 15) is 0 Å². The third kappa shape index (κ3) is 4.48. The Hall–Kier alpha value is -2.60. The van der Waals surface area contributed by atoms with Crippen LogP contribution in [0.3, 0.4) is 0 Å². The lowest BCUT2D eigenvalue weighted by atomic mass is 9.94. The molecule has 0 radical (unpaired) electrons. The lowest BCUT2D eigenvalue weighted by Crippen LogP contribution is -2.09. The van der Waals surface area contributed by atoms with Crippen molar-refractivity contribution in [2.45, 2.75) is 26.2 Å². The van der Waals surface area contributed by atoms with Gasteiger partial charge < -0.3 is 14.5 Å². The number of hydrogen-bond donors (Lipinski definition) is 1. The van der Waals surface area contributed by atoms with Gasteiger partial charge in [-0.15, -0.1) is 11.3 Å². The SMILES string of the molecule is COc1cc(/C=C/c2ncc(C(C)(C)C)o2)cc(Nc2nccs2)c1. The highest BCUT2D eigenvalue weighted by Crippen LogP contribution is 2.27. The predicted molar refractivity (Wildman–Crippen MR) is 103 cm³/mol. The predicted octanol–water partition coefficient (Wildman–Crippen LogP) is 5.35. The Bertz CT molecular complexity index is 861. The van der Waals surface area contributed by atoms with Crippen LogP contribution in [0.15, 0.2) is 40.4 Å². The fourth-order valence-electron chi connectivity index (χ4n) is 2.20. The zero-order chi connectivity index (χ0) is 17.9. The van der Waals surface area contributed by atoms with Gasteiger partial charge >= 0.3 is 0 Å². The number of benzene rings is 1. The number of methoxy groups -OCH3 is 1. The summed E-state index contributed by atoms with van der Waals surface area (Å²) in [6.45, 7) is 6.29. The fourth-order valence-corrected chi connectivity index (χ4v) is 2.75. The minimum Gasteiger partial charge on any atom is -0.497 e. The van der Waals surface area contributed by atoms with Crippen LogP contribution in [-0.4, -0.2) is 17.1 Å². The molecule has 3 rings (SSSR count). The average molecular weight is 355 g/mol. The Balaban J connectivity index is 1.82. The Morgan fingerprint density at radius 3 is 2.64 bits per heavy atom. The molecule has 0 fully saturated rings. The van der Waals surface area contributed by atoms with Gasteiger partial charge in [-0.05, 0) is 23.8 Å². The van der Waals surface area contributed by atoms with Gasteiger partial charge in [0.25, 0.3) is 0 Å². The molecular weight excluding hydrogens is 334 g/mol. The summed E-state index contributed by atoms with van der Waals surface area (Å²) >= 11 is 1.55. The fraction of sp³-hybridized carbons (Fsp3) is 0.263. The molecule has 0 aliphatic heterocycles. The number of anilines is 2. The van der Waals surface area contributed by atoms with Crippen molar-refractivity contribution in [1.29, 1.82) is 0 Å². The first-order valence-corrected chi connectivity index (χ1v) is 8.82. The summed E-state index contributed by atoms with van der Waals surface area (Å²) in [5.41, 5.74) is 1.84. The van der Waals surface area contributed by atoms with Crippen LogP contribution in [0.5, 0.6) is 5.75 Å². The van der Waals surface area contributed by atoms with Crippen LogP contribution >= 0.6 is 11.3 Å². The lowest BCUT2D eigenvalue weighted by molar-refractivity contribution is 0.403. The molecule has 1 aromatic carbocycles. The zero-order valence-corrected chi connectivity index (χ0v) is 15.6. The summed E-state index contributed by atoms with van der Waals surface area (Å²) in [7, 11) is 1.65. The molecule has 0 saturated heterocycles. The third-order valence-electron chi connectivity index (χ3n) is 3.53. The van der Waals surface area contributed by atoms with Gasteiger partial charge in [0.2, 0.25) is 5.89 Å². The molecule has 0 aliphatic carbocycles. The number of ether oxygens (including phenoxy) is 1. The van der Waals surface area contributed by atoms with E-state index in [1.165, 1.54) is 0 Å². The second kappa shape index (κ2) is 7.11. The molecule has 0 unspecified atom stereocenters. The van der Waals surface area contributed by atoms with E-state index in [0.717, 1.165) is 27.9 Å². The standard InChI is InChI=1S/C19H21N3O2S/c1-19(2,3)16-12-21-17(24-16)6-5-13-9-14(11-15(10-13)23-4)22-18-20-7-8-25-18/h5-12H,1-4H3,(H,20,22)/b6-5+.